The fraction of sp³-hybridized carbons (Fsp3) is 0.538. The average molecular weight is 280 g/mol. The van der Waals surface area contributed by atoms with Gasteiger partial charge >= 0.3 is 0 Å². The molecule has 19 heavy (non-hydrogen) atoms. The van der Waals surface area contributed by atoms with Crippen molar-refractivity contribution in [3.8, 4) is 0 Å². The number of pyridine rings is 1. The van der Waals surface area contributed by atoms with Crippen molar-refractivity contribution in [3.05, 3.63) is 18.0 Å². The van der Waals surface area contributed by atoms with Gasteiger partial charge in [-0.1, -0.05) is 0 Å². The van der Waals surface area contributed by atoms with Gasteiger partial charge in [0.2, 0.25) is 0 Å². The molecule has 2 heterocycles. The quantitative estimate of drug-likeness (QED) is 0.851. The minimum Gasteiger partial charge on any atom is -0.370 e. The van der Waals surface area contributed by atoms with Gasteiger partial charge < -0.3 is 4.90 Å². The molecule has 2 unspecified atom stereocenters. The molecule has 2 aromatic heterocycles. The lowest BCUT2D eigenvalue weighted by atomic mass is 10.2. The summed E-state index contributed by atoms with van der Waals surface area (Å²) in [6, 6.07) is 2.20. The summed E-state index contributed by atoms with van der Waals surface area (Å²) >= 11 is 0. The molecule has 0 fully saturated rings. The van der Waals surface area contributed by atoms with E-state index in [0.29, 0.717) is 5.75 Å². The SMILES string of the molecule is Cc1nn(C)c2nccc(N(C)C(C)CS(C)=O)c12. The van der Waals surface area contributed by atoms with E-state index in [1.807, 2.05) is 27.1 Å². The molecule has 0 aliphatic heterocycles. The summed E-state index contributed by atoms with van der Waals surface area (Å²) in [6.45, 7) is 4.07. The van der Waals surface area contributed by atoms with Gasteiger partial charge in [0.05, 0.1) is 16.8 Å². The van der Waals surface area contributed by atoms with Gasteiger partial charge in [0.1, 0.15) is 0 Å². The first-order valence-corrected chi connectivity index (χ1v) is 7.95. The minimum absolute atomic E-state index is 0.205. The number of anilines is 1. The predicted octanol–water partition coefficient (Wildman–Crippen LogP) is 1.48. The van der Waals surface area contributed by atoms with Gasteiger partial charge in [0.25, 0.3) is 0 Å². The van der Waals surface area contributed by atoms with Gasteiger partial charge in [0.15, 0.2) is 5.65 Å². The van der Waals surface area contributed by atoms with Crippen LogP contribution < -0.4 is 4.90 Å². The summed E-state index contributed by atoms with van der Waals surface area (Å²) in [7, 11) is 3.12. The van der Waals surface area contributed by atoms with Gasteiger partial charge in [-0.25, -0.2) is 4.98 Å². The van der Waals surface area contributed by atoms with E-state index >= 15 is 0 Å². The second kappa shape index (κ2) is 5.28. The second-order valence-corrected chi connectivity index (χ2v) is 6.42. The second-order valence-electron chi connectivity index (χ2n) is 4.94. The van der Waals surface area contributed by atoms with E-state index in [1.165, 1.54) is 0 Å². The number of nitrogens with zero attached hydrogens (tertiary/aromatic N) is 4. The van der Waals surface area contributed by atoms with Crippen molar-refractivity contribution < 1.29 is 4.21 Å². The predicted molar refractivity (Wildman–Crippen MR) is 80.0 cm³/mol. The molecule has 0 amide bonds. The summed E-state index contributed by atoms with van der Waals surface area (Å²) in [5.41, 5.74) is 2.94. The molecule has 2 rings (SSSR count). The molecule has 0 saturated carbocycles. The Balaban J connectivity index is 2.47. The van der Waals surface area contributed by atoms with Crippen molar-refractivity contribution in [2.75, 3.05) is 24.0 Å². The van der Waals surface area contributed by atoms with Crippen molar-refractivity contribution in [2.24, 2.45) is 7.05 Å². The van der Waals surface area contributed by atoms with Crippen LogP contribution >= 0.6 is 0 Å². The molecule has 0 N–H and O–H groups in total. The topological polar surface area (TPSA) is 51.0 Å². The molecular formula is C13H20N4OS. The van der Waals surface area contributed by atoms with E-state index in [0.717, 1.165) is 22.4 Å². The lowest BCUT2D eigenvalue weighted by Gasteiger charge is -2.27. The van der Waals surface area contributed by atoms with Crippen LogP contribution in [0.5, 0.6) is 0 Å². The maximum atomic E-state index is 11.4. The Bertz CT molecular complexity index is 622. The van der Waals surface area contributed by atoms with Crippen LogP contribution in [0.15, 0.2) is 12.3 Å². The highest BCUT2D eigenvalue weighted by Gasteiger charge is 2.17. The standard InChI is InChI=1S/C13H20N4OS/c1-9(8-19(5)18)16(3)11-6-7-14-13-12(11)10(2)15-17(13)4/h6-7,9H,8H2,1-5H3. The van der Waals surface area contributed by atoms with Crippen molar-refractivity contribution >= 4 is 27.5 Å². The Morgan fingerprint density at radius 2 is 2.21 bits per heavy atom. The molecule has 104 valence electrons. The number of rotatable bonds is 4. The van der Waals surface area contributed by atoms with Crippen LogP contribution in [0, 0.1) is 6.92 Å². The smallest absolute Gasteiger partial charge is 0.159 e. The first kappa shape index (κ1) is 14.0. The van der Waals surface area contributed by atoms with Crippen molar-refractivity contribution in [1.82, 2.24) is 14.8 Å². The van der Waals surface area contributed by atoms with Crippen LogP contribution in [0.25, 0.3) is 11.0 Å². The Hall–Kier alpha value is -1.43. The largest absolute Gasteiger partial charge is 0.370 e. The summed E-state index contributed by atoms with van der Waals surface area (Å²) < 4.78 is 13.2. The maximum Gasteiger partial charge on any atom is 0.159 e. The average Bonchev–Trinajstić information content (AvgIpc) is 2.63. The Kier molecular flexibility index (Phi) is 3.89. The fourth-order valence-corrected chi connectivity index (χ4v) is 3.24. The molecule has 0 bridgehead atoms. The Labute approximate surface area is 116 Å². The van der Waals surface area contributed by atoms with Crippen LogP contribution in [0.2, 0.25) is 0 Å². The van der Waals surface area contributed by atoms with Crippen LogP contribution in [-0.2, 0) is 17.8 Å². The zero-order valence-electron chi connectivity index (χ0n) is 12.0. The first-order chi connectivity index (χ1) is 8.91. The van der Waals surface area contributed by atoms with Crippen LogP contribution in [-0.4, -0.2) is 44.1 Å². The summed E-state index contributed by atoms with van der Waals surface area (Å²) in [5.74, 6) is 0.652. The van der Waals surface area contributed by atoms with E-state index in [9.17, 15) is 4.21 Å². The zero-order valence-corrected chi connectivity index (χ0v) is 12.9. The summed E-state index contributed by atoms with van der Waals surface area (Å²) in [6.07, 6.45) is 3.53. The summed E-state index contributed by atoms with van der Waals surface area (Å²) in [4.78, 5) is 6.53. The van der Waals surface area contributed by atoms with Crippen molar-refractivity contribution in [2.45, 2.75) is 19.9 Å². The maximum absolute atomic E-state index is 11.4. The van der Waals surface area contributed by atoms with E-state index in [2.05, 4.69) is 21.9 Å². The number of hydrogen-bond donors (Lipinski definition) is 0. The lowest BCUT2D eigenvalue weighted by molar-refractivity contribution is 0.675. The third kappa shape index (κ3) is 2.63. The van der Waals surface area contributed by atoms with E-state index < -0.39 is 10.8 Å². The monoisotopic (exact) mass is 280 g/mol. The van der Waals surface area contributed by atoms with Gasteiger partial charge in [-0.05, 0) is 19.9 Å². The lowest BCUT2D eigenvalue weighted by Crippen LogP contribution is -2.33. The molecule has 6 heteroatoms. The van der Waals surface area contributed by atoms with Gasteiger partial charge in [-0.15, -0.1) is 0 Å². The normalized spacial score (nSPS) is 14.6. The van der Waals surface area contributed by atoms with Crippen LogP contribution in [0.1, 0.15) is 12.6 Å². The molecule has 5 nitrogen and oxygen atoms in total. The third-order valence-corrected chi connectivity index (χ3v) is 4.35. The highest BCUT2D eigenvalue weighted by atomic mass is 32.2. The number of aryl methyl sites for hydroxylation is 2. The van der Waals surface area contributed by atoms with Crippen molar-refractivity contribution in [1.29, 1.82) is 0 Å². The molecule has 0 saturated heterocycles. The Morgan fingerprint density at radius 3 is 2.84 bits per heavy atom. The molecular weight excluding hydrogens is 260 g/mol. The van der Waals surface area contributed by atoms with E-state index in [1.54, 1.807) is 17.1 Å². The number of aromatic nitrogens is 3. The Morgan fingerprint density at radius 1 is 1.53 bits per heavy atom. The molecule has 0 aliphatic rings. The first-order valence-electron chi connectivity index (χ1n) is 6.23. The van der Waals surface area contributed by atoms with Gasteiger partial charge in [-0.3, -0.25) is 8.89 Å². The van der Waals surface area contributed by atoms with Gasteiger partial charge in [-0.2, -0.15) is 5.10 Å². The number of hydrogen-bond acceptors (Lipinski definition) is 4. The summed E-state index contributed by atoms with van der Waals surface area (Å²) in [5, 5.41) is 5.49. The van der Waals surface area contributed by atoms with Crippen molar-refractivity contribution in [3.63, 3.8) is 0 Å². The van der Waals surface area contributed by atoms with E-state index in [4.69, 9.17) is 0 Å². The number of fused-ring (bicyclic) bond motifs is 1. The highest BCUT2D eigenvalue weighted by molar-refractivity contribution is 7.84. The minimum atomic E-state index is -0.802. The van der Waals surface area contributed by atoms with Crippen LogP contribution in [0.4, 0.5) is 5.69 Å². The molecule has 0 aromatic carbocycles. The molecule has 2 aromatic rings. The molecule has 0 radical (unpaired) electrons. The zero-order chi connectivity index (χ0) is 14.2. The van der Waals surface area contributed by atoms with E-state index in [-0.39, 0.29) is 6.04 Å². The molecule has 0 spiro atoms. The third-order valence-electron chi connectivity index (χ3n) is 3.39. The molecule has 2 atom stereocenters. The highest BCUT2D eigenvalue weighted by Crippen LogP contribution is 2.28. The fourth-order valence-electron chi connectivity index (χ4n) is 2.34. The molecule has 0 aliphatic carbocycles. The van der Waals surface area contributed by atoms with Gasteiger partial charge in [0, 0.05) is 49.1 Å². The van der Waals surface area contributed by atoms with Crippen LogP contribution in [0.3, 0.4) is 0 Å².